The van der Waals surface area contributed by atoms with Crippen LogP contribution in [0.4, 0.5) is 4.39 Å². The summed E-state index contributed by atoms with van der Waals surface area (Å²) in [7, 11) is 0. The second-order valence-electron chi connectivity index (χ2n) is 4.09. The molecule has 16 heavy (non-hydrogen) atoms. The molecule has 1 atom stereocenters. The SMILES string of the molecule is N#CC(NCC1CC1)c1ccc(Br)c(F)c1. The first kappa shape index (κ1) is 11.6. The minimum Gasteiger partial charge on any atom is -0.298 e. The van der Waals surface area contributed by atoms with Crippen LogP contribution in [-0.2, 0) is 0 Å². The largest absolute Gasteiger partial charge is 0.298 e. The van der Waals surface area contributed by atoms with Crippen LogP contribution in [0, 0.1) is 23.1 Å². The molecule has 2 nitrogen and oxygen atoms in total. The molecule has 1 aliphatic rings. The maximum absolute atomic E-state index is 13.3. The van der Waals surface area contributed by atoms with Gasteiger partial charge in [0.2, 0.25) is 0 Å². The van der Waals surface area contributed by atoms with E-state index in [9.17, 15) is 4.39 Å². The van der Waals surface area contributed by atoms with Crippen LogP contribution in [0.2, 0.25) is 0 Å². The molecule has 0 spiro atoms. The van der Waals surface area contributed by atoms with Crippen molar-refractivity contribution in [1.82, 2.24) is 5.32 Å². The molecule has 1 aliphatic carbocycles. The van der Waals surface area contributed by atoms with Crippen LogP contribution in [0.5, 0.6) is 0 Å². The van der Waals surface area contributed by atoms with E-state index >= 15 is 0 Å². The molecule has 1 fully saturated rings. The minimum absolute atomic E-state index is 0.328. The van der Waals surface area contributed by atoms with Crippen molar-refractivity contribution in [2.75, 3.05) is 6.54 Å². The Bertz CT molecular complexity index is 424. The molecule has 1 saturated carbocycles. The van der Waals surface area contributed by atoms with Crippen molar-refractivity contribution in [1.29, 1.82) is 5.26 Å². The zero-order chi connectivity index (χ0) is 11.5. The van der Waals surface area contributed by atoms with Crippen LogP contribution < -0.4 is 5.32 Å². The summed E-state index contributed by atoms with van der Waals surface area (Å²) in [4.78, 5) is 0. The highest BCUT2D eigenvalue weighted by molar-refractivity contribution is 9.10. The number of hydrogen-bond donors (Lipinski definition) is 1. The lowest BCUT2D eigenvalue weighted by atomic mass is 10.1. The lowest BCUT2D eigenvalue weighted by Crippen LogP contribution is -2.22. The molecule has 0 aromatic heterocycles. The van der Waals surface area contributed by atoms with Gasteiger partial charge in [0.1, 0.15) is 11.9 Å². The van der Waals surface area contributed by atoms with E-state index < -0.39 is 6.04 Å². The van der Waals surface area contributed by atoms with Gasteiger partial charge in [0, 0.05) is 0 Å². The fraction of sp³-hybridized carbons (Fsp3) is 0.417. The first-order valence-corrected chi connectivity index (χ1v) is 6.08. The van der Waals surface area contributed by atoms with Gasteiger partial charge in [-0.3, -0.25) is 5.32 Å². The Labute approximate surface area is 103 Å². The average Bonchev–Trinajstić information content (AvgIpc) is 3.08. The second-order valence-corrected chi connectivity index (χ2v) is 4.94. The fourth-order valence-corrected chi connectivity index (χ4v) is 1.78. The van der Waals surface area contributed by atoms with Gasteiger partial charge in [0.05, 0.1) is 10.5 Å². The van der Waals surface area contributed by atoms with E-state index in [1.54, 1.807) is 12.1 Å². The molecule has 1 unspecified atom stereocenters. The summed E-state index contributed by atoms with van der Waals surface area (Å²) in [6, 6.07) is 6.54. The molecule has 0 amide bonds. The zero-order valence-corrected chi connectivity index (χ0v) is 10.3. The lowest BCUT2D eigenvalue weighted by Gasteiger charge is -2.11. The van der Waals surface area contributed by atoms with Crippen LogP contribution in [0.15, 0.2) is 22.7 Å². The molecule has 0 radical (unpaired) electrons. The molecule has 2 rings (SSSR count). The Balaban J connectivity index is 2.06. The summed E-state index contributed by atoms with van der Waals surface area (Å²) >= 11 is 3.09. The third kappa shape index (κ3) is 2.81. The number of halogens is 2. The van der Waals surface area contributed by atoms with Crippen molar-refractivity contribution in [2.45, 2.75) is 18.9 Å². The van der Waals surface area contributed by atoms with Crippen molar-refractivity contribution in [2.24, 2.45) is 5.92 Å². The number of benzene rings is 1. The molecule has 4 heteroatoms. The predicted octanol–water partition coefficient (Wildman–Crippen LogP) is 3.15. The minimum atomic E-state index is -0.414. The standard InChI is InChI=1S/C12H12BrFN2/c13-10-4-3-9(5-11(10)14)12(6-15)16-7-8-1-2-8/h3-5,8,12,16H,1-2,7H2. The molecule has 0 aliphatic heterocycles. The first-order chi connectivity index (χ1) is 7.70. The summed E-state index contributed by atoms with van der Waals surface area (Å²) in [5.74, 6) is 0.377. The van der Waals surface area contributed by atoms with Crippen molar-refractivity contribution in [3.05, 3.63) is 34.1 Å². The average molecular weight is 283 g/mol. The van der Waals surface area contributed by atoms with Crippen LogP contribution >= 0.6 is 15.9 Å². The van der Waals surface area contributed by atoms with E-state index in [1.807, 2.05) is 0 Å². The number of nitrogens with zero attached hydrogens (tertiary/aromatic N) is 1. The Morgan fingerprint density at radius 1 is 1.56 bits per heavy atom. The first-order valence-electron chi connectivity index (χ1n) is 5.28. The maximum Gasteiger partial charge on any atom is 0.137 e. The number of hydrogen-bond acceptors (Lipinski definition) is 2. The molecular weight excluding hydrogens is 271 g/mol. The molecule has 0 heterocycles. The van der Waals surface area contributed by atoms with Gasteiger partial charge in [-0.25, -0.2) is 4.39 Å². The van der Waals surface area contributed by atoms with E-state index in [1.165, 1.54) is 18.9 Å². The highest BCUT2D eigenvalue weighted by atomic mass is 79.9. The molecule has 1 aromatic rings. The van der Waals surface area contributed by atoms with Crippen molar-refractivity contribution < 1.29 is 4.39 Å². The summed E-state index contributed by atoms with van der Waals surface area (Å²) in [5.41, 5.74) is 0.684. The Morgan fingerprint density at radius 2 is 2.31 bits per heavy atom. The summed E-state index contributed by atoms with van der Waals surface area (Å²) in [5, 5.41) is 12.2. The van der Waals surface area contributed by atoms with Gasteiger partial charge in [-0.05, 0) is 58.9 Å². The molecular formula is C12H12BrFN2. The smallest absolute Gasteiger partial charge is 0.137 e. The Hall–Kier alpha value is -0.920. The van der Waals surface area contributed by atoms with Gasteiger partial charge in [0.15, 0.2) is 0 Å². The quantitative estimate of drug-likeness (QED) is 0.921. The van der Waals surface area contributed by atoms with E-state index in [0.717, 1.165) is 6.54 Å². The zero-order valence-electron chi connectivity index (χ0n) is 8.71. The van der Waals surface area contributed by atoms with Gasteiger partial charge in [-0.2, -0.15) is 5.26 Å². The molecule has 0 bridgehead atoms. The molecule has 0 saturated heterocycles. The Morgan fingerprint density at radius 3 is 2.88 bits per heavy atom. The van der Waals surface area contributed by atoms with Crippen LogP contribution in [-0.4, -0.2) is 6.54 Å². The van der Waals surface area contributed by atoms with E-state index in [2.05, 4.69) is 27.3 Å². The number of rotatable bonds is 4. The van der Waals surface area contributed by atoms with Gasteiger partial charge in [0.25, 0.3) is 0 Å². The number of nitriles is 1. The van der Waals surface area contributed by atoms with Crippen molar-refractivity contribution in [3.63, 3.8) is 0 Å². The Kier molecular flexibility index (Phi) is 3.57. The molecule has 1 aromatic carbocycles. The highest BCUT2D eigenvalue weighted by Gasteiger charge is 2.22. The summed E-state index contributed by atoms with van der Waals surface area (Å²) in [6.45, 7) is 0.843. The second kappa shape index (κ2) is 4.94. The van der Waals surface area contributed by atoms with E-state index in [-0.39, 0.29) is 5.82 Å². The number of nitrogens with one attached hydrogen (secondary N) is 1. The fourth-order valence-electron chi connectivity index (χ4n) is 1.54. The predicted molar refractivity (Wildman–Crippen MR) is 63.2 cm³/mol. The molecule has 1 N–H and O–H groups in total. The third-order valence-electron chi connectivity index (χ3n) is 2.71. The maximum atomic E-state index is 13.3. The van der Waals surface area contributed by atoms with Crippen molar-refractivity contribution >= 4 is 15.9 Å². The van der Waals surface area contributed by atoms with E-state index in [0.29, 0.717) is 16.0 Å². The van der Waals surface area contributed by atoms with Crippen LogP contribution in [0.25, 0.3) is 0 Å². The van der Waals surface area contributed by atoms with Crippen molar-refractivity contribution in [3.8, 4) is 6.07 Å². The summed E-state index contributed by atoms with van der Waals surface area (Å²) in [6.07, 6.45) is 2.47. The van der Waals surface area contributed by atoms with Gasteiger partial charge >= 0.3 is 0 Å². The van der Waals surface area contributed by atoms with Gasteiger partial charge < -0.3 is 0 Å². The third-order valence-corrected chi connectivity index (χ3v) is 3.36. The molecule has 84 valence electrons. The van der Waals surface area contributed by atoms with E-state index in [4.69, 9.17) is 5.26 Å². The normalized spacial score (nSPS) is 16.8. The lowest BCUT2D eigenvalue weighted by molar-refractivity contribution is 0.581. The summed E-state index contributed by atoms with van der Waals surface area (Å²) < 4.78 is 13.7. The highest BCUT2D eigenvalue weighted by Crippen LogP contribution is 2.29. The topological polar surface area (TPSA) is 35.8 Å². The van der Waals surface area contributed by atoms with Crippen LogP contribution in [0.1, 0.15) is 24.4 Å². The van der Waals surface area contributed by atoms with Gasteiger partial charge in [-0.1, -0.05) is 6.07 Å². The van der Waals surface area contributed by atoms with Gasteiger partial charge in [-0.15, -0.1) is 0 Å². The van der Waals surface area contributed by atoms with Crippen LogP contribution in [0.3, 0.4) is 0 Å². The monoisotopic (exact) mass is 282 g/mol.